The molecule has 1 amide bonds. The average Bonchev–Trinajstić information content (AvgIpc) is 3.29. The number of aliphatic hydroxyl groups is 1. The number of para-hydroxylation sites is 1. The highest BCUT2D eigenvalue weighted by atomic mass is 16.3. The Bertz CT molecular complexity index is 826. The molecular formula is C23H29N3O2. The summed E-state index contributed by atoms with van der Waals surface area (Å²) in [6.45, 7) is 2.30. The second kappa shape index (κ2) is 7.94. The molecule has 2 aromatic rings. The lowest BCUT2D eigenvalue weighted by Gasteiger charge is -2.35. The van der Waals surface area contributed by atoms with Crippen LogP contribution in [-0.4, -0.2) is 66.7 Å². The minimum atomic E-state index is -0.257. The van der Waals surface area contributed by atoms with Crippen molar-refractivity contribution < 1.29 is 9.90 Å². The van der Waals surface area contributed by atoms with E-state index in [1.807, 2.05) is 49.3 Å². The van der Waals surface area contributed by atoms with Crippen LogP contribution in [0.2, 0.25) is 0 Å². The van der Waals surface area contributed by atoms with Crippen LogP contribution in [-0.2, 0) is 11.2 Å². The number of β-amino-alcohol motifs (C(OH)–C–C–N with tert-alkyl or cyclic N) is 1. The van der Waals surface area contributed by atoms with Crippen molar-refractivity contribution in [2.75, 3.05) is 38.6 Å². The number of fused-ring (bicyclic) bond motifs is 1. The van der Waals surface area contributed by atoms with Gasteiger partial charge in [-0.2, -0.15) is 0 Å². The van der Waals surface area contributed by atoms with Crippen LogP contribution in [0, 0.1) is 0 Å². The van der Waals surface area contributed by atoms with Crippen LogP contribution in [0.4, 0.5) is 5.69 Å². The number of amides is 1. The van der Waals surface area contributed by atoms with Gasteiger partial charge in [-0.15, -0.1) is 0 Å². The molecule has 0 spiro atoms. The van der Waals surface area contributed by atoms with E-state index in [0.717, 1.165) is 37.2 Å². The number of anilines is 1. The standard InChI is InChI=1S/C23H29N3O2/c1-24-20-11-7-6-10-18(20)14-21(24)23(28)25(2)22(17-8-4-3-5-9-17)16-26-13-12-19(27)15-26/h3-11,19,21-22,27H,12-16H2,1-2H3/t19-,21-,22?/m0/s1. The average molecular weight is 380 g/mol. The molecule has 2 aliphatic rings. The van der Waals surface area contributed by atoms with Crippen molar-refractivity contribution in [1.29, 1.82) is 0 Å². The molecule has 3 atom stereocenters. The van der Waals surface area contributed by atoms with E-state index in [9.17, 15) is 9.90 Å². The van der Waals surface area contributed by atoms with Crippen molar-refractivity contribution in [3.63, 3.8) is 0 Å². The first-order valence-corrected chi connectivity index (χ1v) is 10.1. The molecule has 2 aliphatic heterocycles. The van der Waals surface area contributed by atoms with Gasteiger partial charge in [-0.1, -0.05) is 48.5 Å². The van der Waals surface area contributed by atoms with E-state index in [4.69, 9.17) is 0 Å². The summed E-state index contributed by atoms with van der Waals surface area (Å²) in [6, 6.07) is 18.3. The van der Waals surface area contributed by atoms with Crippen LogP contribution in [0.3, 0.4) is 0 Å². The maximum absolute atomic E-state index is 13.5. The summed E-state index contributed by atoms with van der Waals surface area (Å²) in [6.07, 6.45) is 1.30. The first-order chi connectivity index (χ1) is 13.5. The minimum absolute atomic E-state index is 0.0314. The van der Waals surface area contributed by atoms with Gasteiger partial charge in [-0.3, -0.25) is 9.69 Å². The molecule has 0 aromatic heterocycles. The second-order valence-electron chi connectivity index (χ2n) is 8.04. The van der Waals surface area contributed by atoms with Gasteiger partial charge in [0, 0.05) is 45.8 Å². The quantitative estimate of drug-likeness (QED) is 0.866. The van der Waals surface area contributed by atoms with Crippen molar-refractivity contribution in [2.45, 2.75) is 31.0 Å². The van der Waals surface area contributed by atoms with Gasteiger partial charge in [-0.25, -0.2) is 0 Å². The Hall–Kier alpha value is -2.37. The molecule has 4 rings (SSSR count). The Morgan fingerprint density at radius 1 is 1.18 bits per heavy atom. The molecule has 28 heavy (non-hydrogen) atoms. The Morgan fingerprint density at radius 2 is 1.89 bits per heavy atom. The molecule has 0 saturated carbocycles. The fourth-order valence-electron chi connectivity index (χ4n) is 4.53. The molecular weight excluding hydrogens is 350 g/mol. The third kappa shape index (κ3) is 3.64. The summed E-state index contributed by atoms with van der Waals surface area (Å²) in [5.74, 6) is 0.146. The molecule has 1 unspecified atom stereocenters. The largest absolute Gasteiger partial charge is 0.392 e. The van der Waals surface area contributed by atoms with Crippen LogP contribution >= 0.6 is 0 Å². The molecule has 0 aliphatic carbocycles. The van der Waals surface area contributed by atoms with Crippen molar-refractivity contribution in [1.82, 2.24) is 9.80 Å². The normalized spacial score (nSPS) is 22.9. The zero-order valence-corrected chi connectivity index (χ0v) is 16.7. The van der Waals surface area contributed by atoms with Gasteiger partial charge in [0.15, 0.2) is 0 Å². The molecule has 0 radical (unpaired) electrons. The smallest absolute Gasteiger partial charge is 0.245 e. The summed E-state index contributed by atoms with van der Waals surface area (Å²) < 4.78 is 0. The summed E-state index contributed by atoms with van der Waals surface area (Å²) in [5, 5.41) is 9.91. The van der Waals surface area contributed by atoms with E-state index >= 15 is 0 Å². The third-order valence-corrected chi connectivity index (χ3v) is 6.22. The van der Waals surface area contributed by atoms with E-state index < -0.39 is 0 Å². The molecule has 5 nitrogen and oxygen atoms in total. The second-order valence-corrected chi connectivity index (χ2v) is 8.04. The third-order valence-electron chi connectivity index (χ3n) is 6.22. The predicted octanol–water partition coefficient (Wildman–Crippen LogP) is 2.31. The van der Waals surface area contributed by atoms with Gasteiger partial charge >= 0.3 is 0 Å². The van der Waals surface area contributed by atoms with Crippen LogP contribution < -0.4 is 4.90 Å². The van der Waals surface area contributed by atoms with Crippen LogP contribution in [0.5, 0.6) is 0 Å². The van der Waals surface area contributed by atoms with Gasteiger partial charge in [0.1, 0.15) is 6.04 Å². The minimum Gasteiger partial charge on any atom is -0.392 e. The zero-order valence-electron chi connectivity index (χ0n) is 16.7. The summed E-state index contributed by atoms with van der Waals surface area (Å²) in [4.78, 5) is 19.8. The van der Waals surface area contributed by atoms with Gasteiger partial charge in [0.25, 0.3) is 0 Å². The fourth-order valence-corrected chi connectivity index (χ4v) is 4.53. The molecule has 1 N–H and O–H groups in total. The monoisotopic (exact) mass is 379 g/mol. The van der Waals surface area contributed by atoms with E-state index in [1.165, 1.54) is 5.56 Å². The highest BCUT2D eigenvalue weighted by molar-refractivity contribution is 5.88. The van der Waals surface area contributed by atoms with Crippen LogP contribution in [0.1, 0.15) is 23.6 Å². The number of hydrogen-bond donors (Lipinski definition) is 1. The molecule has 1 fully saturated rings. The van der Waals surface area contributed by atoms with E-state index in [-0.39, 0.29) is 24.1 Å². The molecule has 1 saturated heterocycles. The van der Waals surface area contributed by atoms with Gasteiger partial charge in [0.2, 0.25) is 5.91 Å². The number of likely N-dealkylation sites (tertiary alicyclic amines) is 1. The Labute approximate surface area is 167 Å². The van der Waals surface area contributed by atoms with Crippen molar-refractivity contribution in [2.24, 2.45) is 0 Å². The van der Waals surface area contributed by atoms with Crippen LogP contribution in [0.25, 0.3) is 0 Å². The first-order valence-electron chi connectivity index (χ1n) is 10.1. The predicted molar refractivity (Wildman–Crippen MR) is 111 cm³/mol. The topological polar surface area (TPSA) is 47.0 Å². The van der Waals surface area contributed by atoms with Crippen molar-refractivity contribution in [3.8, 4) is 0 Å². The zero-order chi connectivity index (χ0) is 19.7. The number of carbonyl (C=O) groups excluding carboxylic acids is 1. The summed E-state index contributed by atoms with van der Waals surface area (Å²) in [7, 11) is 3.93. The molecule has 0 bridgehead atoms. The van der Waals surface area contributed by atoms with Crippen LogP contribution in [0.15, 0.2) is 54.6 Å². The number of nitrogens with zero attached hydrogens (tertiary/aromatic N) is 3. The lowest BCUT2D eigenvalue weighted by molar-refractivity contribution is -0.133. The maximum atomic E-state index is 13.5. The summed E-state index contributed by atoms with van der Waals surface area (Å²) >= 11 is 0. The molecule has 5 heteroatoms. The Morgan fingerprint density at radius 3 is 2.57 bits per heavy atom. The van der Waals surface area contributed by atoms with Gasteiger partial charge < -0.3 is 14.9 Å². The number of benzene rings is 2. The maximum Gasteiger partial charge on any atom is 0.245 e. The number of carbonyl (C=O) groups is 1. The van der Waals surface area contributed by atoms with Gasteiger partial charge in [-0.05, 0) is 23.6 Å². The number of rotatable bonds is 5. The highest BCUT2D eigenvalue weighted by Crippen LogP contribution is 2.33. The van der Waals surface area contributed by atoms with E-state index in [0.29, 0.717) is 6.54 Å². The fraction of sp³-hybridized carbons (Fsp3) is 0.435. The van der Waals surface area contributed by atoms with E-state index in [2.05, 4.69) is 34.1 Å². The number of hydrogen-bond acceptors (Lipinski definition) is 4. The van der Waals surface area contributed by atoms with Crippen molar-refractivity contribution >= 4 is 11.6 Å². The molecule has 148 valence electrons. The lowest BCUT2D eigenvalue weighted by Crippen LogP contribution is -2.48. The van der Waals surface area contributed by atoms with Gasteiger partial charge in [0.05, 0.1) is 12.1 Å². The van der Waals surface area contributed by atoms with E-state index in [1.54, 1.807) is 0 Å². The highest BCUT2D eigenvalue weighted by Gasteiger charge is 2.36. The SMILES string of the molecule is CN(C(=O)[C@@H]1Cc2ccccc2N1C)C(CN1CC[C@H](O)C1)c1ccccc1. The Kier molecular flexibility index (Phi) is 5.38. The Balaban J connectivity index is 1.55. The number of aliphatic hydroxyl groups excluding tert-OH is 1. The summed E-state index contributed by atoms with van der Waals surface area (Å²) in [5.41, 5.74) is 3.52. The molecule has 2 heterocycles. The number of likely N-dealkylation sites (N-methyl/N-ethyl adjacent to an activating group) is 2. The lowest BCUT2D eigenvalue weighted by atomic mass is 10.0. The molecule has 2 aromatic carbocycles. The first kappa shape index (κ1) is 19.0. The van der Waals surface area contributed by atoms with Crippen molar-refractivity contribution in [3.05, 3.63) is 65.7 Å².